The van der Waals surface area contributed by atoms with Gasteiger partial charge in [-0.3, -0.25) is 9.69 Å². The van der Waals surface area contributed by atoms with Gasteiger partial charge in [0.15, 0.2) is 17.3 Å². The molecule has 4 nitrogen and oxygen atoms in total. The molecule has 1 saturated heterocycles. The quantitative estimate of drug-likeness (QED) is 0.657. The van der Waals surface area contributed by atoms with E-state index in [1.165, 1.54) is 44.2 Å². The number of Topliss-reactive ketones (excluding diaryl/α,β-unsaturated/α-hetero) is 1. The molecular weight excluding hydrogens is 254 g/mol. The highest BCUT2D eigenvalue weighted by Crippen LogP contribution is 2.36. The lowest BCUT2D eigenvalue weighted by atomic mass is 9.91. The van der Waals surface area contributed by atoms with E-state index in [9.17, 15) is 15.0 Å². The molecule has 2 fully saturated rings. The first-order valence-corrected chi connectivity index (χ1v) is 7.44. The summed E-state index contributed by atoms with van der Waals surface area (Å²) in [6.07, 6.45) is 6.26. The van der Waals surface area contributed by atoms with Crippen LogP contribution in [0.5, 0.6) is 11.5 Å². The Labute approximate surface area is 119 Å². The Morgan fingerprint density at radius 2 is 1.95 bits per heavy atom. The highest BCUT2D eigenvalue weighted by Gasteiger charge is 2.35. The van der Waals surface area contributed by atoms with Crippen LogP contribution in [0.3, 0.4) is 0 Å². The lowest BCUT2D eigenvalue weighted by Gasteiger charge is -2.37. The molecule has 0 spiro atoms. The van der Waals surface area contributed by atoms with Gasteiger partial charge in [-0.05, 0) is 56.3 Å². The van der Waals surface area contributed by atoms with E-state index < -0.39 is 0 Å². The van der Waals surface area contributed by atoms with Gasteiger partial charge >= 0.3 is 0 Å². The number of hydrogen-bond donors (Lipinski definition) is 2. The minimum absolute atomic E-state index is 0.0212. The van der Waals surface area contributed by atoms with Crippen molar-refractivity contribution in [2.75, 3.05) is 13.1 Å². The zero-order chi connectivity index (χ0) is 14.1. The molecule has 1 aliphatic heterocycles. The zero-order valence-corrected chi connectivity index (χ0v) is 11.6. The van der Waals surface area contributed by atoms with E-state index in [2.05, 4.69) is 4.90 Å². The van der Waals surface area contributed by atoms with E-state index in [-0.39, 0.29) is 17.3 Å². The molecule has 0 aromatic heterocycles. The average Bonchev–Trinajstić information content (AvgIpc) is 2.91. The number of likely N-dealkylation sites (tertiary alicyclic amines) is 1. The molecular formula is C16H21NO3. The molecule has 108 valence electrons. The van der Waals surface area contributed by atoms with Crippen molar-refractivity contribution in [2.45, 2.75) is 38.1 Å². The van der Waals surface area contributed by atoms with Crippen molar-refractivity contribution in [3.8, 4) is 11.5 Å². The molecule has 20 heavy (non-hydrogen) atoms. The highest BCUT2D eigenvalue weighted by atomic mass is 16.3. The first-order valence-electron chi connectivity index (χ1n) is 7.44. The summed E-state index contributed by atoms with van der Waals surface area (Å²) < 4.78 is 0. The normalized spacial score (nSPS) is 26.4. The third-order valence-electron chi connectivity index (χ3n) is 4.75. The molecule has 3 rings (SSSR count). The topological polar surface area (TPSA) is 60.8 Å². The second kappa shape index (κ2) is 5.44. The predicted molar refractivity (Wildman–Crippen MR) is 76.0 cm³/mol. The number of ketones is 1. The molecule has 2 unspecified atom stereocenters. The van der Waals surface area contributed by atoms with Gasteiger partial charge in [-0.25, -0.2) is 0 Å². The van der Waals surface area contributed by atoms with Crippen molar-refractivity contribution < 1.29 is 15.0 Å². The number of carbonyl (C=O) groups excluding carboxylic acids is 1. The maximum Gasteiger partial charge on any atom is 0.176 e. The van der Waals surface area contributed by atoms with Crippen molar-refractivity contribution in [3.63, 3.8) is 0 Å². The Morgan fingerprint density at radius 3 is 2.75 bits per heavy atom. The summed E-state index contributed by atoms with van der Waals surface area (Å²) in [6.45, 7) is 1.42. The number of rotatable bonds is 3. The second-order valence-corrected chi connectivity index (χ2v) is 6.00. The van der Waals surface area contributed by atoms with Gasteiger partial charge in [-0.15, -0.1) is 0 Å². The number of carbonyl (C=O) groups is 1. The van der Waals surface area contributed by atoms with Gasteiger partial charge in [0.1, 0.15) is 0 Å². The van der Waals surface area contributed by atoms with Crippen LogP contribution < -0.4 is 0 Å². The van der Waals surface area contributed by atoms with Crippen LogP contribution in [-0.4, -0.2) is 40.0 Å². The number of phenolic OH excluding ortho intramolecular Hbond substituents is 2. The van der Waals surface area contributed by atoms with Crippen LogP contribution in [0.25, 0.3) is 0 Å². The largest absolute Gasteiger partial charge is 0.504 e. The Hall–Kier alpha value is -1.55. The summed E-state index contributed by atoms with van der Waals surface area (Å²) in [5.41, 5.74) is 0.473. The predicted octanol–water partition coefficient (Wildman–Crippen LogP) is 2.55. The maximum atomic E-state index is 12.3. The maximum absolute atomic E-state index is 12.3. The van der Waals surface area contributed by atoms with Crippen LogP contribution in [0, 0.1) is 5.92 Å². The van der Waals surface area contributed by atoms with Crippen molar-refractivity contribution in [2.24, 2.45) is 5.92 Å². The Bertz CT molecular complexity index is 514. The number of aromatic hydroxyl groups is 2. The van der Waals surface area contributed by atoms with Gasteiger partial charge in [-0.1, -0.05) is 6.42 Å². The Balaban J connectivity index is 1.70. The third kappa shape index (κ3) is 2.52. The first-order chi connectivity index (χ1) is 9.65. The van der Waals surface area contributed by atoms with Gasteiger partial charge in [-0.2, -0.15) is 0 Å². The van der Waals surface area contributed by atoms with Crippen molar-refractivity contribution in [1.29, 1.82) is 0 Å². The van der Waals surface area contributed by atoms with E-state index >= 15 is 0 Å². The molecule has 1 aliphatic carbocycles. The monoisotopic (exact) mass is 275 g/mol. The van der Waals surface area contributed by atoms with Gasteiger partial charge in [0.2, 0.25) is 0 Å². The second-order valence-electron chi connectivity index (χ2n) is 6.00. The van der Waals surface area contributed by atoms with Crippen LogP contribution in [0.15, 0.2) is 18.2 Å². The molecule has 1 heterocycles. The van der Waals surface area contributed by atoms with Crippen LogP contribution in [0.1, 0.15) is 42.5 Å². The first kappa shape index (κ1) is 13.4. The molecule has 1 aromatic rings. The summed E-state index contributed by atoms with van der Waals surface area (Å²) in [6, 6.07) is 4.87. The molecule has 4 heteroatoms. The standard InChI is InChI=1S/C16H21NO3/c18-14-7-6-12(9-15(14)19)16(20)10-17-8-2-4-11-3-1-5-13(11)17/h6-7,9,11,13,18-19H,1-5,8,10H2. The summed E-state index contributed by atoms with van der Waals surface area (Å²) in [5, 5.41) is 18.8. The Kier molecular flexibility index (Phi) is 3.66. The van der Waals surface area contributed by atoms with E-state index in [1.54, 1.807) is 6.07 Å². The smallest absolute Gasteiger partial charge is 0.176 e. The van der Waals surface area contributed by atoms with Crippen molar-refractivity contribution in [1.82, 2.24) is 4.90 Å². The van der Waals surface area contributed by atoms with Gasteiger partial charge in [0.05, 0.1) is 6.54 Å². The summed E-state index contributed by atoms with van der Waals surface area (Å²) in [7, 11) is 0. The summed E-state index contributed by atoms with van der Waals surface area (Å²) in [4.78, 5) is 14.6. The SMILES string of the molecule is O=C(CN1CCCC2CCCC21)c1ccc(O)c(O)c1. The number of hydrogen-bond acceptors (Lipinski definition) is 4. The van der Waals surface area contributed by atoms with Crippen molar-refractivity contribution in [3.05, 3.63) is 23.8 Å². The number of fused-ring (bicyclic) bond motifs is 1. The van der Waals surface area contributed by atoms with Gasteiger partial charge < -0.3 is 10.2 Å². The fourth-order valence-corrected chi connectivity index (χ4v) is 3.73. The lowest BCUT2D eigenvalue weighted by Crippen LogP contribution is -2.45. The molecule has 1 aromatic carbocycles. The zero-order valence-electron chi connectivity index (χ0n) is 11.6. The number of nitrogens with zero attached hydrogens (tertiary/aromatic N) is 1. The van der Waals surface area contributed by atoms with E-state index in [0.29, 0.717) is 18.2 Å². The molecule has 2 N–H and O–H groups in total. The molecule has 2 atom stereocenters. The third-order valence-corrected chi connectivity index (χ3v) is 4.75. The summed E-state index contributed by atoms with van der Waals surface area (Å²) >= 11 is 0. The van der Waals surface area contributed by atoms with Crippen LogP contribution >= 0.6 is 0 Å². The van der Waals surface area contributed by atoms with Gasteiger partial charge in [0, 0.05) is 11.6 Å². The van der Waals surface area contributed by atoms with Crippen LogP contribution in [0.2, 0.25) is 0 Å². The fraction of sp³-hybridized carbons (Fsp3) is 0.562. The number of piperidine rings is 1. The number of benzene rings is 1. The van der Waals surface area contributed by atoms with Crippen LogP contribution in [0.4, 0.5) is 0 Å². The Morgan fingerprint density at radius 1 is 1.15 bits per heavy atom. The van der Waals surface area contributed by atoms with Crippen LogP contribution in [-0.2, 0) is 0 Å². The molecule has 0 radical (unpaired) electrons. The van der Waals surface area contributed by atoms with Crippen molar-refractivity contribution >= 4 is 5.78 Å². The molecule has 0 bridgehead atoms. The molecule has 0 amide bonds. The average molecular weight is 275 g/mol. The highest BCUT2D eigenvalue weighted by molar-refractivity contribution is 5.98. The van der Waals surface area contributed by atoms with E-state index in [1.807, 2.05) is 0 Å². The van der Waals surface area contributed by atoms with Gasteiger partial charge in [0.25, 0.3) is 0 Å². The van der Waals surface area contributed by atoms with E-state index in [0.717, 1.165) is 12.5 Å². The fourth-order valence-electron chi connectivity index (χ4n) is 3.73. The minimum atomic E-state index is -0.228. The minimum Gasteiger partial charge on any atom is -0.504 e. The number of phenols is 2. The van der Waals surface area contributed by atoms with E-state index in [4.69, 9.17) is 0 Å². The summed E-state index contributed by atoms with van der Waals surface area (Å²) in [5.74, 6) is 0.376. The lowest BCUT2D eigenvalue weighted by molar-refractivity contribution is 0.0776. The molecule has 1 saturated carbocycles. The molecule has 2 aliphatic rings.